The molecular formula is C24H25N3O3S. The zero-order valence-corrected chi connectivity index (χ0v) is 18.2. The van der Waals surface area contributed by atoms with E-state index in [1.54, 1.807) is 0 Å². The molecule has 1 saturated heterocycles. The van der Waals surface area contributed by atoms with Crippen LogP contribution in [0.25, 0.3) is 11.1 Å². The highest BCUT2D eigenvalue weighted by Crippen LogP contribution is 2.30. The van der Waals surface area contributed by atoms with Crippen molar-refractivity contribution in [1.82, 2.24) is 9.88 Å². The van der Waals surface area contributed by atoms with E-state index < -0.39 is 10.0 Å². The number of piperidine rings is 1. The minimum absolute atomic E-state index is 0.00188. The van der Waals surface area contributed by atoms with E-state index in [0.29, 0.717) is 18.7 Å². The second kappa shape index (κ2) is 8.61. The minimum atomic E-state index is -3.78. The van der Waals surface area contributed by atoms with Crippen molar-refractivity contribution in [1.29, 1.82) is 0 Å². The van der Waals surface area contributed by atoms with Crippen LogP contribution in [0, 0.1) is 6.92 Å². The predicted octanol–water partition coefficient (Wildman–Crippen LogP) is 3.72. The lowest BCUT2D eigenvalue weighted by Crippen LogP contribution is -2.39. The molecule has 0 bridgehead atoms. The molecule has 1 atom stereocenters. The van der Waals surface area contributed by atoms with Crippen molar-refractivity contribution < 1.29 is 13.2 Å². The molecule has 0 radical (unpaired) electrons. The first-order valence-corrected chi connectivity index (χ1v) is 11.8. The van der Waals surface area contributed by atoms with Crippen molar-refractivity contribution in [2.24, 2.45) is 5.14 Å². The molecule has 1 aromatic heterocycles. The van der Waals surface area contributed by atoms with Crippen LogP contribution in [0.15, 0.2) is 71.6 Å². The molecule has 1 amide bonds. The number of primary sulfonamides is 1. The number of hydrogen-bond acceptors (Lipinski definition) is 4. The number of benzene rings is 2. The smallest absolute Gasteiger partial charge is 0.253 e. The number of pyridine rings is 1. The van der Waals surface area contributed by atoms with Crippen molar-refractivity contribution >= 4 is 15.9 Å². The highest BCUT2D eigenvalue weighted by atomic mass is 32.2. The van der Waals surface area contributed by atoms with Gasteiger partial charge < -0.3 is 4.90 Å². The molecule has 4 rings (SSSR count). The number of aryl methyl sites for hydroxylation is 1. The van der Waals surface area contributed by atoms with E-state index in [1.807, 2.05) is 30.0 Å². The maximum absolute atomic E-state index is 13.0. The van der Waals surface area contributed by atoms with Crippen LogP contribution in [0.4, 0.5) is 0 Å². The van der Waals surface area contributed by atoms with Crippen LogP contribution >= 0.6 is 0 Å². The summed E-state index contributed by atoms with van der Waals surface area (Å²) in [6.45, 7) is 3.25. The molecule has 1 aliphatic rings. The average Bonchev–Trinajstić information content (AvgIpc) is 2.78. The number of sulfonamides is 1. The highest BCUT2D eigenvalue weighted by molar-refractivity contribution is 7.89. The van der Waals surface area contributed by atoms with Crippen LogP contribution in [-0.2, 0) is 10.0 Å². The Labute approximate surface area is 182 Å². The van der Waals surface area contributed by atoms with Crippen molar-refractivity contribution in [2.45, 2.75) is 30.6 Å². The van der Waals surface area contributed by atoms with Crippen LogP contribution < -0.4 is 5.14 Å². The predicted molar refractivity (Wildman–Crippen MR) is 120 cm³/mol. The lowest BCUT2D eigenvalue weighted by molar-refractivity contribution is 0.0706. The van der Waals surface area contributed by atoms with Gasteiger partial charge in [-0.3, -0.25) is 9.78 Å². The number of nitrogens with zero attached hydrogens (tertiary/aromatic N) is 2. The zero-order valence-electron chi connectivity index (χ0n) is 17.4. The van der Waals surface area contributed by atoms with Gasteiger partial charge in [0, 0.05) is 36.0 Å². The summed E-state index contributed by atoms with van der Waals surface area (Å²) in [6, 6.07) is 20.2. The lowest BCUT2D eigenvalue weighted by Gasteiger charge is -2.33. The van der Waals surface area contributed by atoms with Crippen LogP contribution in [0.3, 0.4) is 0 Å². The second-order valence-electron chi connectivity index (χ2n) is 7.95. The maximum atomic E-state index is 13.0. The van der Waals surface area contributed by atoms with Crippen molar-refractivity contribution in [2.75, 3.05) is 13.1 Å². The first-order chi connectivity index (χ1) is 14.8. The summed E-state index contributed by atoms with van der Waals surface area (Å²) in [4.78, 5) is 19.6. The standard InChI is InChI=1S/C24H25N3O3S/c1-17-14-21(18-6-3-2-4-7-18)15-23(26-17)20-8-5-13-27(16-20)24(28)19-9-11-22(12-10-19)31(25,29)30/h2-4,6-7,9-12,14-15,20H,5,8,13,16H2,1H3,(H2,25,29,30). The molecule has 6 nitrogen and oxygen atoms in total. The Morgan fingerprint density at radius 3 is 2.42 bits per heavy atom. The minimum Gasteiger partial charge on any atom is -0.338 e. The summed E-state index contributed by atoms with van der Waals surface area (Å²) < 4.78 is 22.9. The van der Waals surface area contributed by atoms with Gasteiger partial charge in [-0.15, -0.1) is 0 Å². The Morgan fingerprint density at radius 2 is 1.74 bits per heavy atom. The van der Waals surface area contributed by atoms with E-state index in [1.165, 1.54) is 24.3 Å². The molecule has 2 aromatic carbocycles. The Balaban J connectivity index is 1.55. The van der Waals surface area contributed by atoms with Crippen molar-refractivity contribution in [3.8, 4) is 11.1 Å². The third kappa shape index (κ3) is 4.84. The molecular weight excluding hydrogens is 410 g/mol. The average molecular weight is 436 g/mol. The molecule has 7 heteroatoms. The summed E-state index contributed by atoms with van der Waals surface area (Å²) in [5.74, 6) is 0.0466. The fourth-order valence-electron chi connectivity index (χ4n) is 4.07. The van der Waals surface area contributed by atoms with Crippen LogP contribution in [-0.4, -0.2) is 37.3 Å². The van der Waals surface area contributed by atoms with Gasteiger partial charge in [0.15, 0.2) is 0 Å². The molecule has 0 saturated carbocycles. The number of nitrogens with two attached hydrogens (primary N) is 1. The van der Waals surface area contributed by atoms with Gasteiger partial charge in [0.25, 0.3) is 5.91 Å². The maximum Gasteiger partial charge on any atom is 0.253 e. The topological polar surface area (TPSA) is 93.4 Å². The quantitative estimate of drug-likeness (QED) is 0.676. The SMILES string of the molecule is Cc1cc(-c2ccccc2)cc(C2CCCN(C(=O)c3ccc(S(N)(=O)=O)cc3)C2)n1. The molecule has 2 heterocycles. The Hall–Kier alpha value is -3.03. The third-order valence-electron chi connectivity index (χ3n) is 5.64. The summed E-state index contributed by atoms with van der Waals surface area (Å²) >= 11 is 0. The van der Waals surface area contributed by atoms with E-state index in [0.717, 1.165) is 35.4 Å². The monoisotopic (exact) mass is 435 g/mol. The molecule has 0 aliphatic carbocycles. The number of amides is 1. The molecule has 1 fully saturated rings. The fourth-order valence-corrected chi connectivity index (χ4v) is 4.59. The van der Waals surface area contributed by atoms with Crippen molar-refractivity contribution in [3.63, 3.8) is 0 Å². The highest BCUT2D eigenvalue weighted by Gasteiger charge is 2.27. The van der Waals surface area contributed by atoms with E-state index in [4.69, 9.17) is 10.1 Å². The van der Waals surface area contributed by atoms with E-state index in [9.17, 15) is 13.2 Å². The number of aromatic nitrogens is 1. The van der Waals surface area contributed by atoms with Crippen molar-refractivity contribution in [3.05, 3.63) is 83.7 Å². The van der Waals surface area contributed by atoms with Gasteiger partial charge in [-0.25, -0.2) is 13.6 Å². The lowest BCUT2D eigenvalue weighted by atomic mass is 9.92. The van der Waals surface area contributed by atoms with Crippen LogP contribution in [0.2, 0.25) is 0 Å². The molecule has 160 valence electrons. The van der Waals surface area contributed by atoms with Gasteiger partial charge in [-0.2, -0.15) is 0 Å². The first kappa shape index (κ1) is 21.2. The van der Waals surface area contributed by atoms with Gasteiger partial charge in [0.05, 0.1) is 4.90 Å². The Morgan fingerprint density at radius 1 is 1.03 bits per heavy atom. The van der Waals surface area contributed by atoms with Crippen LogP contribution in [0.5, 0.6) is 0 Å². The second-order valence-corrected chi connectivity index (χ2v) is 9.51. The number of carbonyl (C=O) groups excluding carboxylic acids is 1. The van der Waals surface area contributed by atoms with Gasteiger partial charge in [0.2, 0.25) is 10.0 Å². The molecule has 1 aliphatic heterocycles. The Bertz CT molecular complexity index is 1190. The summed E-state index contributed by atoms with van der Waals surface area (Å²) in [5.41, 5.74) is 4.69. The summed E-state index contributed by atoms with van der Waals surface area (Å²) in [5, 5.41) is 5.14. The van der Waals surface area contributed by atoms with Gasteiger partial charge in [-0.05, 0) is 67.3 Å². The third-order valence-corrected chi connectivity index (χ3v) is 6.57. The first-order valence-electron chi connectivity index (χ1n) is 10.3. The molecule has 3 aromatic rings. The largest absolute Gasteiger partial charge is 0.338 e. The van der Waals surface area contributed by atoms with E-state index in [-0.39, 0.29) is 16.7 Å². The van der Waals surface area contributed by atoms with E-state index >= 15 is 0 Å². The summed E-state index contributed by atoms with van der Waals surface area (Å²) in [7, 11) is -3.78. The summed E-state index contributed by atoms with van der Waals surface area (Å²) in [6.07, 6.45) is 1.86. The number of rotatable bonds is 4. The number of likely N-dealkylation sites (tertiary alicyclic amines) is 1. The molecule has 31 heavy (non-hydrogen) atoms. The molecule has 1 unspecified atom stereocenters. The Kier molecular flexibility index (Phi) is 5.89. The fraction of sp³-hybridized carbons (Fsp3) is 0.250. The molecule has 2 N–H and O–H groups in total. The molecule has 0 spiro atoms. The van der Waals surface area contributed by atoms with Crippen LogP contribution in [0.1, 0.15) is 40.5 Å². The number of carbonyl (C=O) groups is 1. The van der Waals surface area contributed by atoms with E-state index in [2.05, 4.69) is 24.3 Å². The van der Waals surface area contributed by atoms with Gasteiger partial charge in [0.1, 0.15) is 0 Å². The number of hydrogen-bond donors (Lipinski definition) is 1. The van der Waals surface area contributed by atoms with Gasteiger partial charge >= 0.3 is 0 Å². The van der Waals surface area contributed by atoms with Gasteiger partial charge in [-0.1, -0.05) is 30.3 Å². The zero-order chi connectivity index (χ0) is 22.0. The normalized spacial score (nSPS) is 16.8.